The van der Waals surface area contributed by atoms with Gasteiger partial charge in [0, 0.05) is 24.3 Å². The summed E-state index contributed by atoms with van der Waals surface area (Å²) < 4.78 is 7.59. The summed E-state index contributed by atoms with van der Waals surface area (Å²) in [6, 6.07) is 15.3. The molecule has 3 aromatic rings. The molecule has 2 aromatic carbocycles. The lowest BCUT2D eigenvalue weighted by atomic mass is 10.0. The van der Waals surface area contributed by atoms with E-state index in [0.29, 0.717) is 34.1 Å². The molecule has 0 N–H and O–H groups in total. The fourth-order valence-electron chi connectivity index (χ4n) is 3.27. The summed E-state index contributed by atoms with van der Waals surface area (Å²) in [5.41, 5.74) is 2.26. The van der Waals surface area contributed by atoms with Crippen molar-refractivity contribution in [1.82, 2.24) is 14.8 Å². The highest BCUT2D eigenvalue weighted by Gasteiger charge is 2.22. The van der Waals surface area contributed by atoms with Crippen LogP contribution in [0.3, 0.4) is 0 Å². The molecular formula is C21H21ClN4O2S. The fraction of sp³-hybridized carbons (Fsp3) is 0.286. The number of para-hydroxylation sites is 1. The zero-order valence-electron chi connectivity index (χ0n) is 16.0. The minimum atomic E-state index is 0.0871. The maximum absolute atomic E-state index is 12.8. The predicted octanol–water partition coefficient (Wildman–Crippen LogP) is 4.12. The molecule has 1 amide bonds. The van der Waals surface area contributed by atoms with Crippen LogP contribution >= 0.6 is 23.4 Å². The number of thioether (sulfide) groups is 1. The fourth-order valence-corrected chi connectivity index (χ4v) is 4.20. The van der Waals surface area contributed by atoms with E-state index < -0.39 is 0 Å². The third-order valence-electron chi connectivity index (χ3n) is 4.84. The smallest absolute Gasteiger partial charge is 0.237 e. The summed E-state index contributed by atoms with van der Waals surface area (Å²) >= 11 is 7.28. The first-order chi connectivity index (χ1) is 14.1. The van der Waals surface area contributed by atoms with Crippen LogP contribution in [0, 0.1) is 0 Å². The third-order valence-corrected chi connectivity index (χ3v) is 6.10. The highest BCUT2D eigenvalue weighted by atomic mass is 35.5. The number of benzene rings is 2. The summed E-state index contributed by atoms with van der Waals surface area (Å²) in [5, 5.41) is 9.75. The van der Waals surface area contributed by atoms with E-state index in [-0.39, 0.29) is 5.91 Å². The van der Waals surface area contributed by atoms with Gasteiger partial charge >= 0.3 is 0 Å². The molecule has 29 heavy (non-hydrogen) atoms. The zero-order valence-corrected chi connectivity index (χ0v) is 17.6. The van der Waals surface area contributed by atoms with Gasteiger partial charge in [-0.15, -0.1) is 10.2 Å². The van der Waals surface area contributed by atoms with Gasteiger partial charge in [-0.2, -0.15) is 0 Å². The Balaban J connectivity index is 1.36. The van der Waals surface area contributed by atoms with Crippen molar-refractivity contribution in [3.8, 4) is 5.75 Å². The molecule has 1 aromatic heterocycles. The second-order valence-corrected chi connectivity index (χ2v) is 8.15. The molecule has 0 fully saturated rings. The Kier molecular flexibility index (Phi) is 6.06. The maximum atomic E-state index is 12.8. The summed E-state index contributed by atoms with van der Waals surface area (Å²) in [6.07, 6.45) is 2.01. The Hall–Kier alpha value is -2.51. The van der Waals surface area contributed by atoms with E-state index in [2.05, 4.69) is 16.3 Å². The number of carbonyl (C=O) groups excluding carboxylic acids is 1. The van der Waals surface area contributed by atoms with Crippen molar-refractivity contribution in [3.05, 3.63) is 64.9 Å². The predicted molar refractivity (Wildman–Crippen MR) is 115 cm³/mol. The second kappa shape index (κ2) is 8.88. The molecule has 6 nitrogen and oxygen atoms in total. The molecular weight excluding hydrogens is 408 g/mol. The number of rotatable bonds is 6. The zero-order chi connectivity index (χ0) is 20.2. The minimum absolute atomic E-state index is 0.0871. The van der Waals surface area contributed by atoms with E-state index in [1.54, 1.807) is 12.1 Å². The van der Waals surface area contributed by atoms with Crippen molar-refractivity contribution in [1.29, 1.82) is 0 Å². The van der Waals surface area contributed by atoms with E-state index in [1.165, 1.54) is 17.3 Å². The van der Waals surface area contributed by atoms with Crippen molar-refractivity contribution < 1.29 is 9.53 Å². The SMILES string of the molecule is Cn1c(COc2ccc(Cl)cc2)nnc1SCC(=O)N1CCCc2ccccc21. The Bertz CT molecular complexity index is 1010. The van der Waals surface area contributed by atoms with Gasteiger partial charge in [-0.05, 0) is 48.7 Å². The Morgan fingerprint density at radius 2 is 1.97 bits per heavy atom. The number of carbonyl (C=O) groups is 1. The van der Waals surface area contributed by atoms with Crippen LogP contribution in [0.1, 0.15) is 17.8 Å². The van der Waals surface area contributed by atoms with Crippen LogP contribution in [-0.4, -0.2) is 33.0 Å². The van der Waals surface area contributed by atoms with Gasteiger partial charge in [0.05, 0.1) is 5.75 Å². The third kappa shape index (κ3) is 4.57. The van der Waals surface area contributed by atoms with Crippen LogP contribution in [0.2, 0.25) is 5.02 Å². The lowest BCUT2D eigenvalue weighted by Gasteiger charge is -2.29. The minimum Gasteiger partial charge on any atom is -0.486 e. The molecule has 4 rings (SSSR count). The van der Waals surface area contributed by atoms with Gasteiger partial charge < -0.3 is 14.2 Å². The first-order valence-corrected chi connectivity index (χ1v) is 10.8. The summed E-state index contributed by atoms with van der Waals surface area (Å²) in [4.78, 5) is 14.7. The van der Waals surface area contributed by atoms with E-state index in [4.69, 9.17) is 16.3 Å². The van der Waals surface area contributed by atoms with Gasteiger partial charge in [-0.3, -0.25) is 4.79 Å². The van der Waals surface area contributed by atoms with Gasteiger partial charge in [0.15, 0.2) is 11.0 Å². The Morgan fingerprint density at radius 3 is 2.79 bits per heavy atom. The molecule has 0 bridgehead atoms. The van der Waals surface area contributed by atoms with Gasteiger partial charge in [0.25, 0.3) is 0 Å². The number of halogens is 1. The van der Waals surface area contributed by atoms with E-state index >= 15 is 0 Å². The molecule has 0 saturated carbocycles. The lowest BCUT2D eigenvalue weighted by molar-refractivity contribution is -0.116. The molecule has 8 heteroatoms. The Morgan fingerprint density at radius 1 is 1.17 bits per heavy atom. The first-order valence-electron chi connectivity index (χ1n) is 9.39. The molecule has 0 atom stereocenters. The summed E-state index contributed by atoms with van der Waals surface area (Å²) in [5.74, 6) is 1.81. The van der Waals surface area contributed by atoms with Crippen LogP contribution in [0.5, 0.6) is 5.75 Å². The normalized spacial score (nSPS) is 13.2. The molecule has 0 radical (unpaired) electrons. The Labute approximate surface area is 178 Å². The molecule has 1 aliphatic rings. The topological polar surface area (TPSA) is 60.2 Å². The average molecular weight is 429 g/mol. The number of ether oxygens (including phenoxy) is 1. The highest BCUT2D eigenvalue weighted by molar-refractivity contribution is 7.99. The molecule has 0 aliphatic carbocycles. The van der Waals surface area contributed by atoms with E-state index in [1.807, 2.05) is 46.8 Å². The average Bonchev–Trinajstić information content (AvgIpc) is 3.10. The number of hydrogen-bond acceptors (Lipinski definition) is 5. The van der Waals surface area contributed by atoms with Crippen molar-refractivity contribution >= 4 is 35.0 Å². The number of anilines is 1. The highest BCUT2D eigenvalue weighted by Crippen LogP contribution is 2.28. The van der Waals surface area contributed by atoms with Crippen LogP contribution < -0.4 is 9.64 Å². The van der Waals surface area contributed by atoms with Gasteiger partial charge in [0.1, 0.15) is 12.4 Å². The van der Waals surface area contributed by atoms with Crippen LogP contribution in [0.15, 0.2) is 53.7 Å². The van der Waals surface area contributed by atoms with Crippen LogP contribution in [0.4, 0.5) is 5.69 Å². The molecule has 0 saturated heterocycles. The van der Waals surface area contributed by atoms with Gasteiger partial charge in [0.2, 0.25) is 5.91 Å². The first kappa shape index (κ1) is 19.8. The van der Waals surface area contributed by atoms with Crippen LogP contribution in [0.25, 0.3) is 0 Å². The number of hydrogen-bond donors (Lipinski definition) is 0. The maximum Gasteiger partial charge on any atom is 0.237 e. The van der Waals surface area contributed by atoms with Crippen molar-refractivity contribution in [2.75, 3.05) is 17.2 Å². The second-order valence-electron chi connectivity index (χ2n) is 6.77. The van der Waals surface area contributed by atoms with Gasteiger partial charge in [-0.1, -0.05) is 41.6 Å². The molecule has 1 aliphatic heterocycles. The molecule has 0 unspecified atom stereocenters. The number of amides is 1. The quantitative estimate of drug-likeness (QED) is 0.553. The molecule has 0 spiro atoms. The van der Waals surface area contributed by atoms with E-state index in [0.717, 1.165) is 25.1 Å². The number of aryl methyl sites for hydroxylation is 1. The van der Waals surface area contributed by atoms with Crippen molar-refractivity contribution in [2.24, 2.45) is 7.05 Å². The van der Waals surface area contributed by atoms with Crippen LogP contribution in [-0.2, 0) is 24.9 Å². The monoisotopic (exact) mass is 428 g/mol. The molecule has 2 heterocycles. The number of nitrogens with zero attached hydrogens (tertiary/aromatic N) is 4. The molecule has 150 valence electrons. The number of aromatic nitrogens is 3. The van der Waals surface area contributed by atoms with Gasteiger partial charge in [-0.25, -0.2) is 0 Å². The van der Waals surface area contributed by atoms with Crippen molar-refractivity contribution in [3.63, 3.8) is 0 Å². The van der Waals surface area contributed by atoms with E-state index in [9.17, 15) is 4.79 Å². The summed E-state index contributed by atoms with van der Waals surface area (Å²) in [7, 11) is 1.88. The standard InChI is InChI=1S/C21H21ClN4O2S/c1-25-19(13-28-17-10-8-16(22)9-11-17)23-24-21(25)29-14-20(27)26-12-4-6-15-5-2-3-7-18(15)26/h2-3,5,7-11H,4,6,12-14H2,1H3. The summed E-state index contributed by atoms with van der Waals surface area (Å²) in [6.45, 7) is 1.05. The van der Waals surface area contributed by atoms with Crippen molar-refractivity contribution in [2.45, 2.75) is 24.6 Å². The largest absolute Gasteiger partial charge is 0.486 e. The number of fused-ring (bicyclic) bond motifs is 1. The lowest BCUT2D eigenvalue weighted by Crippen LogP contribution is -2.36.